The Bertz CT molecular complexity index is 477. The van der Waals surface area contributed by atoms with E-state index >= 15 is 0 Å². The number of likely N-dealkylation sites (tertiary alicyclic amines) is 1. The van der Waals surface area contributed by atoms with Crippen LogP contribution in [0, 0.1) is 12.8 Å². The number of carboxylic acid groups (broad SMARTS) is 1. The van der Waals surface area contributed by atoms with Crippen molar-refractivity contribution in [2.75, 3.05) is 13.1 Å². The van der Waals surface area contributed by atoms with Gasteiger partial charge in [-0.05, 0) is 24.6 Å². The van der Waals surface area contributed by atoms with E-state index in [4.69, 9.17) is 5.11 Å². The van der Waals surface area contributed by atoms with Gasteiger partial charge in [-0.2, -0.15) is 0 Å². The Balaban J connectivity index is 2.06. The highest BCUT2D eigenvalue weighted by Gasteiger charge is 2.35. The SMILES string of the molecule is Cc1ccc(C(=O)N2CC(C(=O)O)C2)cc1O. The summed E-state index contributed by atoms with van der Waals surface area (Å²) in [5.74, 6) is -1.50. The molecule has 1 aliphatic rings. The average Bonchev–Trinajstić information content (AvgIpc) is 2.19. The van der Waals surface area contributed by atoms with Gasteiger partial charge in [-0.3, -0.25) is 9.59 Å². The number of nitrogens with zero attached hydrogens (tertiary/aromatic N) is 1. The fourth-order valence-electron chi connectivity index (χ4n) is 1.73. The predicted molar refractivity (Wildman–Crippen MR) is 59.9 cm³/mol. The number of phenolic OH excluding ortho intramolecular Hbond substituents is 1. The number of aliphatic carboxylic acids is 1. The smallest absolute Gasteiger partial charge is 0.310 e. The molecule has 17 heavy (non-hydrogen) atoms. The van der Waals surface area contributed by atoms with Crippen molar-refractivity contribution in [3.8, 4) is 5.75 Å². The average molecular weight is 235 g/mol. The van der Waals surface area contributed by atoms with E-state index < -0.39 is 11.9 Å². The van der Waals surface area contributed by atoms with Crippen LogP contribution in [0.2, 0.25) is 0 Å². The van der Waals surface area contributed by atoms with Gasteiger partial charge in [0.1, 0.15) is 5.75 Å². The number of carbonyl (C=O) groups is 2. The Labute approximate surface area is 98.3 Å². The summed E-state index contributed by atoms with van der Waals surface area (Å²) in [4.78, 5) is 23.9. The molecule has 0 saturated carbocycles. The van der Waals surface area contributed by atoms with Crippen LogP contribution < -0.4 is 0 Å². The first-order valence-electron chi connectivity index (χ1n) is 5.30. The summed E-state index contributed by atoms with van der Waals surface area (Å²) in [6, 6.07) is 4.70. The molecule has 0 atom stereocenters. The van der Waals surface area contributed by atoms with Gasteiger partial charge >= 0.3 is 5.97 Å². The standard InChI is InChI=1S/C12H13NO4/c1-7-2-3-8(4-10(7)14)11(15)13-5-9(6-13)12(16)17/h2-4,9,14H,5-6H2,1H3,(H,16,17). The molecule has 5 nitrogen and oxygen atoms in total. The van der Waals surface area contributed by atoms with E-state index in [0.29, 0.717) is 11.1 Å². The van der Waals surface area contributed by atoms with Crippen molar-refractivity contribution in [2.24, 2.45) is 5.92 Å². The number of benzene rings is 1. The molecule has 1 heterocycles. The molecular formula is C12H13NO4. The summed E-state index contributed by atoms with van der Waals surface area (Å²) in [6.07, 6.45) is 0. The molecule has 5 heteroatoms. The van der Waals surface area contributed by atoms with E-state index in [2.05, 4.69) is 0 Å². The number of hydrogen-bond acceptors (Lipinski definition) is 3. The van der Waals surface area contributed by atoms with Crippen LogP contribution in [-0.4, -0.2) is 40.1 Å². The molecule has 0 unspecified atom stereocenters. The van der Waals surface area contributed by atoms with Crippen molar-refractivity contribution in [3.05, 3.63) is 29.3 Å². The minimum absolute atomic E-state index is 0.0751. The molecule has 1 amide bonds. The fraction of sp³-hybridized carbons (Fsp3) is 0.333. The van der Waals surface area contributed by atoms with Crippen molar-refractivity contribution in [2.45, 2.75) is 6.92 Å². The van der Waals surface area contributed by atoms with E-state index in [0.717, 1.165) is 0 Å². The number of rotatable bonds is 2. The maximum absolute atomic E-state index is 11.9. The molecule has 0 spiro atoms. The molecule has 0 aliphatic carbocycles. The zero-order valence-electron chi connectivity index (χ0n) is 9.38. The lowest BCUT2D eigenvalue weighted by Crippen LogP contribution is -2.53. The predicted octanol–water partition coefficient (Wildman–Crippen LogP) is 0.857. The van der Waals surface area contributed by atoms with Crippen LogP contribution in [0.1, 0.15) is 15.9 Å². The molecule has 2 rings (SSSR count). The van der Waals surface area contributed by atoms with Gasteiger partial charge in [-0.25, -0.2) is 0 Å². The molecule has 90 valence electrons. The highest BCUT2D eigenvalue weighted by Crippen LogP contribution is 2.22. The fourth-order valence-corrected chi connectivity index (χ4v) is 1.73. The second-order valence-corrected chi connectivity index (χ2v) is 4.25. The van der Waals surface area contributed by atoms with Crippen LogP contribution in [0.5, 0.6) is 5.75 Å². The second-order valence-electron chi connectivity index (χ2n) is 4.25. The van der Waals surface area contributed by atoms with E-state index in [1.807, 2.05) is 0 Å². The first kappa shape index (κ1) is 11.4. The number of carbonyl (C=O) groups excluding carboxylic acids is 1. The Hall–Kier alpha value is -2.04. The molecular weight excluding hydrogens is 222 g/mol. The van der Waals surface area contributed by atoms with Gasteiger partial charge in [0.05, 0.1) is 5.92 Å². The summed E-state index contributed by atoms with van der Waals surface area (Å²) >= 11 is 0. The highest BCUT2D eigenvalue weighted by molar-refractivity contribution is 5.96. The first-order valence-corrected chi connectivity index (χ1v) is 5.30. The second kappa shape index (κ2) is 4.08. The Morgan fingerprint density at radius 1 is 1.35 bits per heavy atom. The normalized spacial score (nSPS) is 15.5. The third-order valence-corrected chi connectivity index (χ3v) is 2.97. The van der Waals surface area contributed by atoms with Crippen LogP contribution in [0.25, 0.3) is 0 Å². The molecule has 1 aliphatic heterocycles. The lowest BCUT2D eigenvalue weighted by molar-refractivity contribution is -0.146. The number of carboxylic acids is 1. The van der Waals surface area contributed by atoms with Gasteiger partial charge in [0.15, 0.2) is 0 Å². The minimum atomic E-state index is -0.874. The van der Waals surface area contributed by atoms with E-state index in [-0.39, 0.29) is 24.7 Å². The lowest BCUT2D eigenvalue weighted by atomic mass is 9.99. The summed E-state index contributed by atoms with van der Waals surface area (Å²) in [7, 11) is 0. The highest BCUT2D eigenvalue weighted by atomic mass is 16.4. The molecule has 1 aromatic rings. The molecule has 1 saturated heterocycles. The number of aromatic hydroxyl groups is 1. The Morgan fingerprint density at radius 2 is 2.00 bits per heavy atom. The van der Waals surface area contributed by atoms with Crippen molar-refractivity contribution in [3.63, 3.8) is 0 Å². The van der Waals surface area contributed by atoms with Crippen LogP contribution in [0.4, 0.5) is 0 Å². The summed E-state index contributed by atoms with van der Waals surface area (Å²) in [5.41, 5.74) is 1.09. The van der Waals surface area contributed by atoms with Gasteiger partial charge in [-0.15, -0.1) is 0 Å². The number of aryl methyl sites for hydroxylation is 1. The maximum atomic E-state index is 11.9. The van der Waals surface area contributed by atoms with Gasteiger partial charge in [-0.1, -0.05) is 6.07 Å². The molecule has 1 fully saturated rings. The largest absolute Gasteiger partial charge is 0.508 e. The molecule has 2 N–H and O–H groups in total. The molecule has 0 aromatic heterocycles. The van der Waals surface area contributed by atoms with E-state index in [9.17, 15) is 14.7 Å². The van der Waals surface area contributed by atoms with Gasteiger partial charge < -0.3 is 15.1 Å². The van der Waals surface area contributed by atoms with Crippen LogP contribution >= 0.6 is 0 Å². The number of phenols is 1. The van der Waals surface area contributed by atoms with Crippen LogP contribution in [-0.2, 0) is 4.79 Å². The third-order valence-electron chi connectivity index (χ3n) is 2.97. The number of amides is 1. The van der Waals surface area contributed by atoms with Gasteiger partial charge in [0.2, 0.25) is 0 Å². The molecule has 0 bridgehead atoms. The van der Waals surface area contributed by atoms with Crippen molar-refractivity contribution in [1.29, 1.82) is 0 Å². The zero-order valence-corrected chi connectivity index (χ0v) is 9.38. The molecule has 0 radical (unpaired) electrons. The summed E-state index contributed by atoms with van der Waals surface area (Å²) < 4.78 is 0. The lowest BCUT2D eigenvalue weighted by Gasteiger charge is -2.36. The van der Waals surface area contributed by atoms with Crippen molar-refractivity contribution < 1.29 is 19.8 Å². The molecule has 1 aromatic carbocycles. The van der Waals surface area contributed by atoms with Crippen molar-refractivity contribution >= 4 is 11.9 Å². The van der Waals surface area contributed by atoms with Crippen molar-refractivity contribution in [1.82, 2.24) is 4.90 Å². The van der Waals surface area contributed by atoms with E-state index in [1.54, 1.807) is 19.1 Å². The quantitative estimate of drug-likeness (QED) is 0.796. The summed E-state index contributed by atoms with van der Waals surface area (Å²) in [6.45, 7) is 2.22. The van der Waals surface area contributed by atoms with Crippen LogP contribution in [0.3, 0.4) is 0 Å². The maximum Gasteiger partial charge on any atom is 0.310 e. The third kappa shape index (κ3) is 2.08. The Morgan fingerprint density at radius 3 is 2.53 bits per heavy atom. The Kier molecular flexibility index (Phi) is 2.75. The van der Waals surface area contributed by atoms with E-state index in [1.165, 1.54) is 11.0 Å². The first-order chi connectivity index (χ1) is 7.99. The number of hydrogen-bond donors (Lipinski definition) is 2. The van der Waals surface area contributed by atoms with Gasteiger partial charge in [0, 0.05) is 18.7 Å². The minimum Gasteiger partial charge on any atom is -0.508 e. The topological polar surface area (TPSA) is 77.8 Å². The monoisotopic (exact) mass is 235 g/mol. The van der Waals surface area contributed by atoms with Gasteiger partial charge in [0.25, 0.3) is 5.91 Å². The van der Waals surface area contributed by atoms with Crippen LogP contribution in [0.15, 0.2) is 18.2 Å². The summed E-state index contributed by atoms with van der Waals surface area (Å²) in [5, 5.41) is 18.2. The zero-order chi connectivity index (χ0) is 12.6.